The van der Waals surface area contributed by atoms with Crippen molar-refractivity contribution >= 4 is 40.9 Å². The van der Waals surface area contributed by atoms with E-state index < -0.39 is 11.9 Å². The number of urea groups is 1. The smallest absolute Gasteiger partial charge is 0.321 e. The van der Waals surface area contributed by atoms with Crippen LogP contribution in [0.1, 0.15) is 12.8 Å². The number of aliphatic carboxylic acids is 1. The number of carboxylic acid groups (broad SMARTS) is 1. The average molecular weight is 317 g/mol. The second-order valence-corrected chi connectivity index (χ2v) is 5.44. The van der Waals surface area contributed by atoms with E-state index in [9.17, 15) is 9.59 Å². The Kier molecular flexibility index (Phi) is 4.73. The van der Waals surface area contributed by atoms with Gasteiger partial charge in [0.05, 0.1) is 21.7 Å². The predicted octanol–water partition coefficient (Wildman–Crippen LogP) is 3.32. The Morgan fingerprint density at radius 1 is 1.35 bits per heavy atom. The van der Waals surface area contributed by atoms with Crippen LogP contribution in [0.25, 0.3) is 0 Å². The van der Waals surface area contributed by atoms with Crippen LogP contribution in [0.2, 0.25) is 10.0 Å². The van der Waals surface area contributed by atoms with Gasteiger partial charge in [0.25, 0.3) is 0 Å². The highest BCUT2D eigenvalue weighted by Gasteiger charge is 2.28. The molecule has 0 aliphatic carbocycles. The van der Waals surface area contributed by atoms with Gasteiger partial charge < -0.3 is 15.3 Å². The molecule has 1 fully saturated rings. The monoisotopic (exact) mass is 316 g/mol. The largest absolute Gasteiger partial charge is 0.481 e. The SMILES string of the molecule is O=C(O)[C@H]1CCCN(C(=O)Nc2cccc(Cl)c2Cl)C1. The number of nitrogens with one attached hydrogen (secondary N) is 1. The fraction of sp³-hybridized carbons (Fsp3) is 0.385. The summed E-state index contributed by atoms with van der Waals surface area (Å²) in [6.45, 7) is 0.743. The van der Waals surface area contributed by atoms with Gasteiger partial charge in [-0.1, -0.05) is 29.3 Å². The normalized spacial score (nSPS) is 18.7. The van der Waals surface area contributed by atoms with E-state index in [-0.39, 0.29) is 17.6 Å². The Balaban J connectivity index is 2.04. The molecule has 0 aromatic heterocycles. The molecule has 0 unspecified atom stereocenters. The quantitative estimate of drug-likeness (QED) is 0.879. The van der Waals surface area contributed by atoms with Crippen molar-refractivity contribution in [3.05, 3.63) is 28.2 Å². The highest BCUT2D eigenvalue weighted by atomic mass is 35.5. The van der Waals surface area contributed by atoms with E-state index in [2.05, 4.69) is 5.32 Å². The highest BCUT2D eigenvalue weighted by Crippen LogP contribution is 2.30. The standard InChI is InChI=1S/C13H14Cl2N2O3/c14-9-4-1-5-10(11(9)15)16-13(20)17-6-2-3-8(7-17)12(18)19/h1,4-5,8H,2-3,6-7H2,(H,16,20)(H,18,19)/t8-/m0/s1. The first kappa shape index (κ1) is 14.9. The number of carbonyl (C=O) groups excluding carboxylic acids is 1. The van der Waals surface area contributed by atoms with E-state index in [0.29, 0.717) is 30.1 Å². The second-order valence-electron chi connectivity index (χ2n) is 4.65. The predicted molar refractivity (Wildman–Crippen MR) is 77.4 cm³/mol. The maximum Gasteiger partial charge on any atom is 0.321 e. The zero-order valence-electron chi connectivity index (χ0n) is 10.6. The second kappa shape index (κ2) is 6.33. The Bertz CT molecular complexity index is 536. The third-order valence-electron chi connectivity index (χ3n) is 3.25. The van der Waals surface area contributed by atoms with Crippen molar-refractivity contribution in [2.45, 2.75) is 12.8 Å². The van der Waals surface area contributed by atoms with Crippen LogP contribution >= 0.6 is 23.2 Å². The molecule has 2 amide bonds. The molecular formula is C13H14Cl2N2O3. The molecule has 2 rings (SSSR count). The van der Waals surface area contributed by atoms with Gasteiger partial charge in [-0.15, -0.1) is 0 Å². The minimum atomic E-state index is -0.872. The molecule has 0 spiro atoms. The molecule has 1 aliphatic heterocycles. The maximum atomic E-state index is 12.1. The lowest BCUT2D eigenvalue weighted by molar-refractivity contribution is -0.143. The van der Waals surface area contributed by atoms with Crippen molar-refractivity contribution in [1.29, 1.82) is 0 Å². The molecule has 1 saturated heterocycles. The third kappa shape index (κ3) is 3.35. The van der Waals surface area contributed by atoms with Gasteiger partial charge in [0.2, 0.25) is 0 Å². The number of amides is 2. The topological polar surface area (TPSA) is 69.6 Å². The summed E-state index contributed by atoms with van der Waals surface area (Å²) < 4.78 is 0. The van der Waals surface area contributed by atoms with Crippen LogP contribution in [0, 0.1) is 5.92 Å². The van der Waals surface area contributed by atoms with Gasteiger partial charge in [-0.05, 0) is 25.0 Å². The van der Waals surface area contributed by atoms with Gasteiger partial charge in [0, 0.05) is 13.1 Å². The molecular weight excluding hydrogens is 303 g/mol. The molecule has 0 radical (unpaired) electrons. The van der Waals surface area contributed by atoms with Crippen molar-refractivity contribution in [3.8, 4) is 0 Å². The lowest BCUT2D eigenvalue weighted by Crippen LogP contribution is -2.44. The fourth-order valence-electron chi connectivity index (χ4n) is 2.16. The lowest BCUT2D eigenvalue weighted by atomic mass is 9.99. The van der Waals surface area contributed by atoms with Crippen LogP contribution in [-0.2, 0) is 4.79 Å². The molecule has 1 aliphatic rings. The molecule has 5 nitrogen and oxygen atoms in total. The van der Waals surface area contributed by atoms with Crippen LogP contribution in [-0.4, -0.2) is 35.1 Å². The molecule has 20 heavy (non-hydrogen) atoms. The van der Waals surface area contributed by atoms with Gasteiger partial charge in [-0.3, -0.25) is 4.79 Å². The van der Waals surface area contributed by atoms with Crippen LogP contribution < -0.4 is 5.32 Å². The minimum absolute atomic E-state index is 0.208. The van der Waals surface area contributed by atoms with Crippen molar-refractivity contribution in [2.75, 3.05) is 18.4 Å². The summed E-state index contributed by atoms with van der Waals surface area (Å²) in [4.78, 5) is 24.6. The number of rotatable bonds is 2. The molecule has 7 heteroatoms. The highest BCUT2D eigenvalue weighted by molar-refractivity contribution is 6.43. The summed E-state index contributed by atoms with van der Waals surface area (Å²) in [5.41, 5.74) is 0.418. The van der Waals surface area contributed by atoms with E-state index in [1.165, 1.54) is 4.90 Å². The average Bonchev–Trinajstić information content (AvgIpc) is 2.44. The van der Waals surface area contributed by atoms with E-state index in [4.69, 9.17) is 28.3 Å². The van der Waals surface area contributed by atoms with Gasteiger partial charge in [-0.25, -0.2) is 4.79 Å². The number of carboxylic acids is 1. The molecule has 2 N–H and O–H groups in total. The first-order valence-corrected chi connectivity index (χ1v) is 6.97. The number of anilines is 1. The Labute approximate surface area is 126 Å². The Morgan fingerprint density at radius 2 is 2.10 bits per heavy atom. The van der Waals surface area contributed by atoms with Crippen molar-refractivity contribution in [1.82, 2.24) is 4.90 Å². The van der Waals surface area contributed by atoms with Gasteiger partial charge in [0.1, 0.15) is 0 Å². The van der Waals surface area contributed by atoms with Gasteiger partial charge in [0.15, 0.2) is 0 Å². The summed E-state index contributed by atoms with van der Waals surface area (Å²) in [6.07, 6.45) is 1.27. The van der Waals surface area contributed by atoms with Gasteiger partial charge >= 0.3 is 12.0 Å². The first-order chi connectivity index (χ1) is 9.49. The van der Waals surface area contributed by atoms with Gasteiger partial charge in [-0.2, -0.15) is 0 Å². The van der Waals surface area contributed by atoms with Crippen molar-refractivity contribution in [3.63, 3.8) is 0 Å². The zero-order chi connectivity index (χ0) is 14.7. The number of hydrogen-bond donors (Lipinski definition) is 2. The summed E-state index contributed by atoms with van der Waals surface area (Å²) >= 11 is 11.9. The molecule has 1 aromatic rings. The lowest BCUT2D eigenvalue weighted by Gasteiger charge is -2.30. The van der Waals surface area contributed by atoms with Crippen LogP contribution in [0.5, 0.6) is 0 Å². The van der Waals surface area contributed by atoms with Crippen LogP contribution in [0.3, 0.4) is 0 Å². The summed E-state index contributed by atoms with van der Waals surface area (Å²) in [5.74, 6) is -1.38. The molecule has 1 aromatic carbocycles. The molecule has 108 valence electrons. The van der Waals surface area contributed by atoms with Crippen molar-refractivity contribution < 1.29 is 14.7 Å². The first-order valence-electron chi connectivity index (χ1n) is 6.22. The number of nitrogens with zero attached hydrogens (tertiary/aromatic N) is 1. The molecule has 0 saturated carbocycles. The molecule has 1 atom stereocenters. The van der Waals surface area contributed by atoms with E-state index in [1.54, 1.807) is 18.2 Å². The summed E-state index contributed by atoms with van der Waals surface area (Å²) in [6, 6.07) is 4.59. The van der Waals surface area contributed by atoms with E-state index in [1.807, 2.05) is 0 Å². The maximum absolute atomic E-state index is 12.1. The number of piperidine rings is 1. The van der Waals surface area contributed by atoms with Crippen LogP contribution in [0.4, 0.5) is 10.5 Å². The summed E-state index contributed by atoms with van der Waals surface area (Å²) in [5, 5.41) is 12.3. The van der Waals surface area contributed by atoms with Crippen molar-refractivity contribution in [2.24, 2.45) is 5.92 Å². The minimum Gasteiger partial charge on any atom is -0.481 e. The zero-order valence-corrected chi connectivity index (χ0v) is 12.1. The van der Waals surface area contributed by atoms with Crippen LogP contribution in [0.15, 0.2) is 18.2 Å². The third-order valence-corrected chi connectivity index (χ3v) is 4.07. The van der Waals surface area contributed by atoms with E-state index >= 15 is 0 Å². The molecule has 0 bridgehead atoms. The molecule has 1 heterocycles. The number of halogens is 2. The Hall–Kier alpha value is -1.46. The number of likely N-dealkylation sites (tertiary alicyclic amines) is 1. The number of hydrogen-bond acceptors (Lipinski definition) is 2. The fourth-order valence-corrected chi connectivity index (χ4v) is 2.51. The number of carbonyl (C=O) groups is 2. The Morgan fingerprint density at radius 3 is 2.80 bits per heavy atom. The number of benzene rings is 1. The van der Waals surface area contributed by atoms with E-state index in [0.717, 1.165) is 0 Å². The summed E-state index contributed by atoms with van der Waals surface area (Å²) in [7, 11) is 0.